The summed E-state index contributed by atoms with van der Waals surface area (Å²) in [6.45, 7) is 27.5. The largest absolute Gasteiger partial charge is 0.480 e. The van der Waals surface area contributed by atoms with Gasteiger partial charge < -0.3 is 82.3 Å². The van der Waals surface area contributed by atoms with Crippen molar-refractivity contribution in [2.24, 2.45) is 20.9 Å². The van der Waals surface area contributed by atoms with Crippen LogP contribution in [0.15, 0.2) is 138 Å². The van der Waals surface area contributed by atoms with Crippen molar-refractivity contribution in [3.05, 3.63) is 195 Å². The molecule has 3 aromatic carbocycles. The minimum Gasteiger partial charge on any atom is -0.480 e. The summed E-state index contributed by atoms with van der Waals surface area (Å²) in [4.78, 5) is 133. The van der Waals surface area contributed by atoms with Crippen LogP contribution in [0, 0.1) is 30.8 Å². The number of hydrogen-bond donors (Lipinski definition) is 6. The number of aliphatic hydroxyl groups excluding tert-OH is 2. The van der Waals surface area contributed by atoms with Gasteiger partial charge in [0.05, 0.1) is 82.4 Å². The number of thiazole rings is 3. The van der Waals surface area contributed by atoms with E-state index >= 15 is 0 Å². The number of halogens is 7. The molecule has 680 valence electrons. The molecule has 9 aliphatic heterocycles. The lowest BCUT2D eigenvalue weighted by atomic mass is 9.90. The number of benzene rings is 3. The van der Waals surface area contributed by atoms with Crippen molar-refractivity contribution in [2.75, 3.05) is 104 Å². The van der Waals surface area contributed by atoms with Crippen LogP contribution in [0.3, 0.4) is 0 Å². The molecule has 126 heavy (non-hydrogen) atoms. The number of fused-ring (bicyclic) bond motifs is 3. The van der Waals surface area contributed by atoms with Gasteiger partial charge in [-0.2, -0.15) is 0 Å². The average molecular weight is 1920 g/mol. The molecule has 9 aliphatic rings. The monoisotopic (exact) mass is 1920 g/mol. The Morgan fingerprint density at radius 1 is 0.508 bits per heavy atom. The number of allylic oxidation sites excluding steroid dienone is 1. The number of carbonyl (C=O) groups is 7. The van der Waals surface area contributed by atoms with Gasteiger partial charge in [0.25, 0.3) is 0 Å². The number of piperazine rings is 2. The number of nitrogens with zero attached hydrogens (tertiary/aromatic N) is 14. The molecule has 0 aliphatic carbocycles. The molecule has 6 N–H and O–H groups in total. The highest BCUT2D eigenvalue weighted by molar-refractivity contribution is 9.09. The molecule has 40 heteroatoms. The Bertz CT molecular complexity index is 5190. The van der Waals surface area contributed by atoms with E-state index in [0.717, 1.165) is 25.9 Å². The zero-order chi connectivity index (χ0) is 90.4. The van der Waals surface area contributed by atoms with Gasteiger partial charge in [-0.15, -0.1) is 34.0 Å². The number of carbonyl (C=O) groups excluding carboxylic acids is 6. The number of rotatable bonds is 20. The molecule has 0 saturated carbocycles. The molecule has 6 fully saturated rings. The number of aliphatic carboxylic acids is 1. The third-order valence-corrected chi connectivity index (χ3v) is 26.8. The van der Waals surface area contributed by atoms with E-state index in [0.29, 0.717) is 92.3 Å². The lowest BCUT2D eigenvalue weighted by Gasteiger charge is -2.43. The predicted octanol–water partition coefficient (Wildman–Crippen LogP) is 12.9. The fourth-order valence-electron chi connectivity index (χ4n) is 16.7. The summed E-state index contributed by atoms with van der Waals surface area (Å²) in [6.07, 6.45) is 6.98. The van der Waals surface area contributed by atoms with Crippen LogP contribution < -0.4 is 16.0 Å². The second-order valence-corrected chi connectivity index (χ2v) is 37.8. The van der Waals surface area contributed by atoms with Crippen LogP contribution in [0.2, 0.25) is 15.1 Å². The summed E-state index contributed by atoms with van der Waals surface area (Å²) in [5.74, 6) is -3.24. The number of amidine groups is 3. The number of hydrogen-bond acceptors (Lipinski definition) is 26. The topological polar surface area (TPSA) is 346 Å². The zero-order valence-corrected chi connectivity index (χ0v) is 78.4. The van der Waals surface area contributed by atoms with Crippen LogP contribution in [-0.2, 0) is 33.4 Å². The number of ether oxygens (including phenoxy) is 3. The number of piperidine rings is 1. The van der Waals surface area contributed by atoms with Crippen molar-refractivity contribution in [2.45, 2.75) is 161 Å². The van der Waals surface area contributed by atoms with E-state index in [4.69, 9.17) is 59.0 Å². The minimum atomic E-state index is -1.08. The second-order valence-electron chi connectivity index (χ2n) is 33.5. The lowest BCUT2D eigenvalue weighted by molar-refractivity contribution is -0.147. The maximum atomic E-state index is 14.6. The Morgan fingerprint density at radius 3 is 1.21 bits per heavy atom. The molecular formula is C86H105BrCl3F3N17O13S3-. The first-order valence-corrected chi connectivity index (χ1v) is 45.9. The summed E-state index contributed by atoms with van der Waals surface area (Å²) in [5, 5.41) is 47.1. The molecule has 0 spiro atoms. The van der Waals surface area contributed by atoms with Crippen LogP contribution in [0.5, 0.6) is 0 Å². The van der Waals surface area contributed by atoms with Crippen LogP contribution in [-0.4, -0.2) is 280 Å². The number of amides is 6. The first-order chi connectivity index (χ1) is 59.5. The number of nitrogens with one attached hydrogen (secondary N) is 3. The van der Waals surface area contributed by atoms with Gasteiger partial charge >= 0.3 is 42.0 Å². The number of alkyl halides is 1. The number of carboxylic acids is 1. The summed E-state index contributed by atoms with van der Waals surface area (Å²) in [6, 6.07) is 8.24. The SMILES string of the molecule is CC(C)(C)N1CC2C(CO)CCCN2C1=O.CCOC(=O)C1=C(CBr)NC(c2nccs2)=N[C@H]1c1cccc(F)c1Cl.CCOC(=O)C1=C(CN2CCN3C(=O)N(C(C)(C)C)C[C@@H]3[C@H]2C(=O)O)NC(c2nccs2)=N[C@H]1c1cccc(F)c1Cl.CCOC(=O)C1=C(CN2CCN3C(=O)N(C(C)(C)C)C[C@H]3[C@@H]2CO)NC(c2nccs2)=N[C@H]1c1cccc(F)c1Cl.[CH3-]. The third-order valence-electron chi connectivity index (χ3n) is 22.7. The summed E-state index contributed by atoms with van der Waals surface area (Å²) in [5.41, 5.74) is 2.02. The number of esters is 3. The van der Waals surface area contributed by atoms with Crippen LogP contribution in [0.1, 0.15) is 146 Å². The standard InChI is InChI=1S/C28H32ClFN6O5S.C28H34ClFN6O4S.C17H14BrClFN3O2S.C12H22N2O2.CH3/c1-5-41-26(39)19-17(13-34-10-11-35-18(22(34)25(37)38)14-36(27(35)40)28(2,3)4)32-23(24-31-9-12-42-24)33-21(19)15-7-6-8-16(30)20(15)29;1-5-40-26(38)21-18(13-34-10-11-35-19(20(34)15-37)14-36(27(35)39)28(2,3)4)32-24(25-31-9-12-41-25)33-23(21)16-7-6-8-17(30)22(16)29;1-2-25-17(24)12-11(8-18)22-15(16-21-6-7-26-16)23-14(12)9-4-3-5-10(20)13(9)19;1-12(2,3)14-7-10-9(8-15)5-4-6-13(10)11(14)16;/h6-9,12,18,21-22H,5,10-11,13-14H2,1-4H3,(H,32,33)(H,37,38);6-9,12,19-20,23,37H,5,10-11,13-15H2,1-4H3,(H,32,33);3-7,14H,2,8H2,1H3,(H,22,23);9-10,15H,4-8H2,1-3H3;1H3/q;;;;-1/t18-,21+,22+;19-,20-,23-;14-;;/m100../s1. The molecule has 15 rings (SSSR count). The van der Waals surface area contributed by atoms with Crippen LogP contribution in [0.25, 0.3) is 0 Å². The van der Waals surface area contributed by atoms with Gasteiger partial charge in [-0.1, -0.05) is 87.1 Å². The van der Waals surface area contributed by atoms with E-state index in [-0.39, 0.29) is 157 Å². The van der Waals surface area contributed by atoms with Gasteiger partial charge in [-0.25, -0.2) is 56.9 Å². The number of carboxylic acid groups (broad SMARTS) is 1. The Labute approximate surface area is 765 Å². The number of aliphatic hydroxyl groups is 2. The summed E-state index contributed by atoms with van der Waals surface area (Å²) in [7, 11) is 0. The van der Waals surface area contributed by atoms with Crippen molar-refractivity contribution in [1.82, 2.24) is 70.1 Å². The normalized spacial score (nSPS) is 22.7. The van der Waals surface area contributed by atoms with Gasteiger partial charge in [0.1, 0.15) is 41.6 Å². The van der Waals surface area contributed by atoms with Gasteiger partial charge in [-0.05, 0) is 114 Å². The van der Waals surface area contributed by atoms with E-state index in [1.165, 1.54) is 70.4 Å². The maximum Gasteiger partial charge on any atom is 0.338 e. The Kier molecular flexibility index (Phi) is 32.1. The zero-order valence-electron chi connectivity index (χ0n) is 72.1. The molecule has 0 radical (unpaired) electrons. The highest BCUT2D eigenvalue weighted by Crippen LogP contribution is 2.44. The van der Waals surface area contributed by atoms with Gasteiger partial charge in [0, 0.05) is 168 Å². The molecule has 9 atom stereocenters. The van der Waals surface area contributed by atoms with E-state index in [2.05, 4.69) is 77.5 Å². The van der Waals surface area contributed by atoms with E-state index < -0.39 is 77.1 Å². The van der Waals surface area contributed by atoms with Crippen molar-refractivity contribution >= 4 is 144 Å². The number of urea groups is 3. The highest BCUT2D eigenvalue weighted by Gasteiger charge is 2.54. The van der Waals surface area contributed by atoms with E-state index in [9.17, 15) is 62.1 Å². The van der Waals surface area contributed by atoms with Crippen LogP contribution in [0.4, 0.5) is 27.6 Å². The molecule has 30 nitrogen and oxygen atoms in total. The number of aromatic nitrogens is 3. The van der Waals surface area contributed by atoms with Gasteiger partial charge in [0.2, 0.25) is 0 Å². The molecule has 3 aromatic heterocycles. The van der Waals surface area contributed by atoms with Gasteiger partial charge in [-0.3, -0.25) is 29.6 Å². The maximum absolute atomic E-state index is 14.6. The quantitative estimate of drug-likeness (QED) is 0.0179. The smallest absolute Gasteiger partial charge is 0.338 e. The molecule has 6 amide bonds. The Balaban J connectivity index is 0.000000171. The Morgan fingerprint density at radius 2 is 0.857 bits per heavy atom. The molecule has 0 bridgehead atoms. The lowest BCUT2D eigenvalue weighted by Crippen LogP contribution is -2.62. The highest BCUT2D eigenvalue weighted by atomic mass is 79.9. The average Bonchev–Trinajstić information content (AvgIpc) is 1.45. The fraction of sp³-hybridized carbons (Fsp3) is 0.488. The summed E-state index contributed by atoms with van der Waals surface area (Å²) < 4.78 is 59.3. The van der Waals surface area contributed by atoms with Crippen molar-refractivity contribution in [1.29, 1.82) is 0 Å². The minimum absolute atomic E-state index is 0. The number of aliphatic imine (C=N–C) groups is 3. The van der Waals surface area contributed by atoms with E-state index in [1.807, 2.05) is 71.9 Å². The van der Waals surface area contributed by atoms with Crippen molar-refractivity contribution < 1.29 is 76.3 Å². The van der Waals surface area contributed by atoms with Crippen molar-refractivity contribution in [3.8, 4) is 0 Å². The first kappa shape index (κ1) is 97.5. The first-order valence-electron chi connectivity index (χ1n) is 41.0. The van der Waals surface area contributed by atoms with Crippen LogP contribution >= 0.6 is 84.7 Å². The van der Waals surface area contributed by atoms with Crippen molar-refractivity contribution in [3.63, 3.8) is 0 Å². The molecular weight excluding hydrogens is 1820 g/mol. The molecule has 2 unspecified atom stereocenters. The Hall–Kier alpha value is -9.15. The molecule has 6 saturated heterocycles. The summed E-state index contributed by atoms with van der Waals surface area (Å²) >= 11 is 26.5. The second kappa shape index (κ2) is 41.5. The predicted molar refractivity (Wildman–Crippen MR) is 481 cm³/mol. The van der Waals surface area contributed by atoms with Gasteiger partial charge in [0.15, 0.2) is 32.5 Å². The molecule has 12 heterocycles. The third kappa shape index (κ3) is 20.9. The fourth-order valence-corrected chi connectivity index (χ4v) is 19.6. The van der Waals surface area contributed by atoms with E-state index in [1.54, 1.807) is 77.6 Å². The molecule has 6 aromatic rings.